The first kappa shape index (κ1) is 33.3. The number of aromatic nitrogens is 2. The molecule has 0 radical (unpaired) electrons. The second-order valence-electron chi connectivity index (χ2n) is 15.1. The third kappa shape index (κ3) is 4.77. The Hall–Kier alpha value is -3.89. The number of aromatic amines is 2. The van der Waals surface area contributed by atoms with Gasteiger partial charge in [0.05, 0.1) is 19.8 Å². The molecule has 3 aliphatic heterocycles. The Kier molecular flexibility index (Phi) is 8.45. The fourth-order valence-electron chi connectivity index (χ4n) is 10.7. The maximum atomic E-state index is 14.1. The van der Waals surface area contributed by atoms with E-state index >= 15 is 0 Å². The summed E-state index contributed by atoms with van der Waals surface area (Å²) in [7, 11) is 3.47. The highest BCUT2D eigenvalue weighted by Gasteiger charge is 2.59. The number of aromatic hydroxyl groups is 1. The molecule has 5 heterocycles. The van der Waals surface area contributed by atoms with Crippen LogP contribution in [0.2, 0.25) is 0 Å². The van der Waals surface area contributed by atoms with Gasteiger partial charge in [-0.05, 0) is 88.2 Å². The molecule has 4 aliphatic rings. The predicted molar refractivity (Wildman–Crippen MR) is 195 cm³/mol. The quantitative estimate of drug-likeness (QED) is 0.135. The Labute approximate surface area is 293 Å². The standard InChI is InChI=1S/C41H50N4O5/c1-5-23-21-45-15-13-27-36-32(43-39(27)33(45)17-25(23)14-16-46)11-12-34(48)37(36)29-18-30-24(6-2)20-44(3)35(41(30,22-47)40(49)50-4)19-28-26-9-7-8-10-31(26)42-38(28)29/h5-12,25,29-30,33,35,42-43,46-48H,13-22H2,1-4H3/b23-5-,24-6-/t25-,29+,30+,33-,35-,41-/m0/s1. The van der Waals surface area contributed by atoms with Crippen LogP contribution in [0.3, 0.4) is 0 Å². The van der Waals surface area contributed by atoms with Crippen molar-refractivity contribution in [1.29, 1.82) is 0 Å². The van der Waals surface area contributed by atoms with Crippen molar-refractivity contribution in [2.24, 2.45) is 17.3 Å². The molecule has 6 atom stereocenters. The summed E-state index contributed by atoms with van der Waals surface area (Å²) in [5.41, 5.74) is 8.89. The number of hydrogen-bond donors (Lipinski definition) is 5. The van der Waals surface area contributed by atoms with E-state index in [4.69, 9.17) is 4.74 Å². The smallest absolute Gasteiger partial charge is 0.316 e. The molecule has 9 nitrogen and oxygen atoms in total. The SMILES string of the molecule is C/C=C1/CN2CCc3c([nH]c4ccc(O)c([C@H]5C[C@@H]6/C(=C\C)CN(C)[C@@H](Cc7c5[nH]c5ccccc75)[C@@]6(CO)C(=O)OC)c34)[C@@H]2C[C@@H]1CCO. The minimum atomic E-state index is -1.19. The molecule has 0 spiro atoms. The lowest BCUT2D eigenvalue weighted by Crippen LogP contribution is -2.63. The Morgan fingerprint density at radius 3 is 2.52 bits per heavy atom. The molecule has 264 valence electrons. The van der Waals surface area contributed by atoms with Crippen LogP contribution in [0.1, 0.15) is 73.1 Å². The number of allylic oxidation sites excluding steroid dienone is 2. The molecule has 5 N–H and O–H groups in total. The number of nitrogens with zero attached hydrogens (tertiary/aromatic N) is 2. The van der Waals surface area contributed by atoms with Crippen molar-refractivity contribution in [3.8, 4) is 5.75 Å². The van der Waals surface area contributed by atoms with E-state index in [0.717, 1.165) is 76.6 Å². The largest absolute Gasteiger partial charge is 0.508 e. The van der Waals surface area contributed by atoms with Crippen molar-refractivity contribution >= 4 is 27.8 Å². The molecule has 4 aromatic rings. The predicted octanol–water partition coefficient (Wildman–Crippen LogP) is 5.71. The summed E-state index contributed by atoms with van der Waals surface area (Å²) >= 11 is 0. The molecule has 2 saturated heterocycles. The lowest BCUT2D eigenvalue weighted by Gasteiger charge is -2.53. The van der Waals surface area contributed by atoms with Crippen molar-refractivity contribution in [2.45, 2.75) is 64.0 Å². The topological polar surface area (TPSA) is 125 Å². The van der Waals surface area contributed by atoms with E-state index in [-0.39, 0.29) is 48.9 Å². The van der Waals surface area contributed by atoms with Gasteiger partial charge in [-0.15, -0.1) is 0 Å². The van der Waals surface area contributed by atoms with Gasteiger partial charge in [0.2, 0.25) is 0 Å². The lowest BCUT2D eigenvalue weighted by molar-refractivity contribution is -0.169. The number of carbonyl (C=O) groups excluding carboxylic acids is 1. The van der Waals surface area contributed by atoms with E-state index in [2.05, 4.69) is 57.0 Å². The van der Waals surface area contributed by atoms with Crippen molar-refractivity contribution in [3.63, 3.8) is 0 Å². The number of likely N-dealkylation sites (tertiary alicyclic amines) is 1. The van der Waals surface area contributed by atoms with Crippen molar-refractivity contribution in [3.05, 3.63) is 87.8 Å². The van der Waals surface area contributed by atoms with Crippen LogP contribution in [-0.4, -0.2) is 94.1 Å². The number of hydrogen-bond acceptors (Lipinski definition) is 7. The Balaban J connectivity index is 1.37. The number of esters is 1. The van der Waals surface area contributed by atoms with Crippen molar-refractivity contribution < 1.29 is 24.9 Å². The Morgan fingerprint density at radius 1 is 1.00 bits per heavy atom. The maximum Gasteiger partial charge on any atom is 0.316 e. The third-order valence-corrected chi connectivity index (χ3v) is 13.0. The Bertz CT molecular complexity index is 2020. The number of rotatable bonds is 5. The van der Waals surface area contributed by atoms with Crippen LogP contribution in [0, 0.1) is 17.3 Å². The molecule has 2 aromatic heterocycles. The number of piperidine rings is 2. The number of phenolic OH excluding ortho intramolecular Hbond substituents is 1. The molecular formula is C41H50N4O5. The summed E-state index contributed by atoms with van der Waals surface area (Å²) in [6.07, 6.45) is 7.96. The minimum Gasteiger partial charge on any atom is -0.508 e. The average molecular weight is 679 g/mol. The normalized spacial score (nSPS) is 30.2. The fourth-order valence-corrected chi connectivity index (χ4v) is 10.7. The number of phenols is 1. The minimum absolute atomic E-state index is 0.174. The number of benzene rings is 2. The molecule has 2 aromatic carbocycles. The number of para-hydroxylation sites is 1. The molecule has 0 unspecified atom stereocenters. The van der Waals surface area contributed by atoms with Gasteiger partial charge >= 0.3 is 5.97 Å². The molecule has 2 fully saturated rings. The summed E-state index contributed by atoms with van der Waals surface area (Å²) in [5.74, 6) is -0.416. The summed E-state index contributed by atoms with van der Waals surface area (Å²) in [4.78, 5) is 26.6. The van der Waals surface area contributed by atoms with E-state index < -0.39 is 5.41 Å². The number of ether oxygens (including phenoxy) is 1. The van der Waals surface area contributed by atoms with Gasteiger partial charge in [-0.1, -0.05) is 41.5 Å². The number of likely N-dealkylation sites (N-methyl/N-ethyl adjacent to an activating group) is 1. The molecule has 9 heteroatoms. The average Bonchev–Trinajstić information content (AvgIpc) is 3.69. The molecular weight excluding hydrogens is 628 g/mol. The number of methoxy groups -OCH3 is 1. The summed E-state index contributed by atoms with van der Waals surface area (Å²) in [5, 5.41) is 35.5. The summed E-state index contributed by atoms with van der Waals surface area (Å²) < 4.78 is 5.56. The van der Waals surface area contributed by atoms with Gasteiger partial charge in [0.15, 0.2) is 0 Å². The third-order valence-electron chi connectivity index (χ3n) is 13.0. The summed E-state index contributed by atoms with van der Waals surface area (Å²) in [6, 6.07) is 12.1. The zero-order valence-corrected chi connectivity index (χ0v) is 29.6. The van der Waals surface area contributed by atoms with Gasteiger partial charge in [0, 0.05) is 82.9 Å². The van der Waals surface area contributed by atoms with E-state index in [1.54, 1.807) is 0 Å². The highest BCUT2D eigenvalue weighted by atomic mass is 16.5. The molecule has 1 aliphatic carbocycles. The molecule has 50 heavy (non-hydrogen) atoms. The molecule has 0 saturated carbocycles. The molecule has 8 rings (SSSR count). The zero-order valence-electron chi connectivity index (χ0n) is 29.6. The van der Waals surface area contributed by atoms with Gasteiger partial charge in [0.25, 0.3) is 0 Å². The summed E-state index contributed by atoms with van der Waals surface area (Å²) in [6.45, 7) is 6.47. The lowest BCUT2D eigenvalue weighted by atomic mass is 9.58. The van der Waals surface area contributed by atoms with Crippen LogP contribution in [0.15, 0.2) is 59.7 Å². The first-order valence-electron chi connectivity index (χ1n) is 18.3. The van der Waals surface area contributed by atoms with Gasteiger partial charge in [-0.25, -0.2) is 0 Å². The van der Waals surface area contributed by atoms with E-state index in [9.17, 15) is 20.1 Å². The number of H-pyrrole nitrogens is 2. The number of aliphatic hydroxyl groups is 2. The van der Waals surface area contributed by atoms with Crippen LogP contribution < -0.4 is 0 Å². The second-order valence-corrected chi connectivity index (χ2v) is 15.1. The number of aliphatic hydroxyl groups excluding tert-OH is 2. The first-order chi connectivity index (χ1) is 24.3. The van der Waals surface area contributed by atoms with Crippen molar-refractivity contribution in [2.75, 3.05) is 47.0 Å². The molecule has 2 bridgehead atoms. The monoisotopic (exact) mass is 678 g/mol. The van der Waals surface area contributed by atoms with Crippen molar-refractivity contribution in [1.82, 2.24) is 19.8 Å². The van der Waals surface area contributed by atoms with Crippen LogP contribution in [0.4, 0.5) is 0 Å². The van der Waals surface area contributed by atoms with Crippen LogP contribution >= 0.6 is 0 Å². The van der Waals surface area contributed by atoms with Gasteiger partial charge in [0.1, 0.15) is 11.2 Å². The zero-order chi connectivity index (χ0) is 34.9. The van der Waals surface area contributed by atoms with E-state index in [1.165, 1.54) is 23.9 Å². The Morgan fingerprint density at radius 2 is 1.78 bits per heavy atom. The van der Waals surface area contributed by atoms with Crippen LogP contribution in [0.25, 0.3) is 21.8 Å². The van der Waals surface area contributed by atoms with Crippen LogP contribution in [-0.2, 0) is 22.4 Å². The van der Waals surface area contributed by atoms with Gasteiger partial charge < -0.3 is 30.0 Å². The second kappa shape index (κ2) is 12.7. The fraction of sp³-hybridized carbons (Fsp3) is 0.488. The van der Waals surface area contributed by atoms with E-state index in [0.29, 0.717) is 25.3 Å². The number of nitrogens with one attached hydrogen (secondary N) is 2. The highest BCUT2D eigenvalue weighted by molar-refractivity contribution is 5.93. The number of carbonyl (C=O) groups is 1. The van der Waals surface area contributed by atoms with E-state index in [1.807, 2.05) is 32.2 Å². The number of fused-ring (bicyclic) bond motifs is 10. The molecule has 0 amide bonds. The highest BCUT2D eigenvalue weighted by Crippen LogP contribution is 2.55. The van der Waals surface area contributed by atoms with Gasteiger partial charge in [-0.3, -0.25) is 14.6 Å². The maximum absolute atomic E-state index is 14.1. The van der Waals surface area contributed by atoms with Gasteiger partial charge in [-0.2, -0.15) is 0 Å². The van der Waals surface area contributed by atoms with Crippen LogP contribution in [0.5, 0.6) is 5.75 Å². The first-order valence-corrected chi connectivity index (χ1v) is 18.3.